The van der Waals surface area contributed by atoms with E-state index in [4.69, 9.17) is 4.74 Å². The molecule has 11 heavy (non-hydrogen) atoms. The average Bonchev–Trinajstić information content (AvgIpc) is 2.00. The molecule has 0 spiro atoms. The summed E-state index contributed by atoms with van der Waals surface area (Å²) in [4.78, 5) is 10.7. The Balaban J connectivity index is 3.36. The van der Waals surface area contributed by atoms with Crippen molar-refractivity contribution in [1.29, 1.82) is 0 Å². The molecular weight excluding hydrogens is 144 g/mol. The maximum absolute atomic E-state index is 10.7. The number of hydrogen-bond donors (Lipinski definition) is 0. The molecule has 0 amide bonds. The Morgan fingerprint density at radius 1 is 1.64 bits per heavy atom. The molecule has 0 aliphatic heterocycles. The fourth-order valence-corrected chi connectivity index (χ4v) is 0.433. The lowest BCUT2D eigenvalue weighted by atomic mass is 10.3. The summed E-state index contributed by atoms with van der Waals surface area (Å²) in [6.07, 6.45) is 1.92. The molecule has 0 N–H and O–H groups in total. The monoisotopic (exact) mass is 159 g/mol. The van der Waals surface area contributed by atoms with Crippen LogP contribution in [0.3, 0.4) is 0 Å². The summed E-state index contributed by atoms with van der Waals surface area (Å²) in [5.41, 5.74) is 0. The van der Waals surface area contributed by atoms with Crippen molar-refractivity contribution >= 4 is 6.16 Å². The Kier molecular flexibility index (Phi) is 5.61. The number of carbonyl (C=O) groups is 1. The van der Waals surface area contributed by atoms with Gasteiger partial charge in [-0.25, -0.2) is 4.79 Å². The quantitative estimate of drug-likeness (QED) is 0.589. The summed E-state index contributed by atoms with van der Waals surface area (Å²) in [7, 11) is 0. The summed E-state index contributed by atoms with van der Waals surface area (Å²) in [6.45, 7) is 5.91. The predicted octanol–water partition coefficient (Wildman–Crippen LogP) is 2.16. The van der Waals surface area contributed by atoms with Crippen LogP contribution < -0.4 is 0 Å². The summed E-state index contributed by atoms with van der Waals surface area (Å²) in [6, 6.07) is 0. The third kappa shape index (κ3) is 5.70. The fourth-order valence-electron chi connectivity index (χ4n) is 0.433. The number of rotatable bonds is 4. The second kappa shape index (κ2) is 6.01. The maximum atomic E-state index is 10.7. The minimum absolute atomic E-state index is 0.0562. The first-order valence-electron chi connectivity index (χ1n) is 3.82. The summed E-state index contributed by atoms with van der Waals surface area (Å²) >= 11 is 0. The van der Waals surface area contributed by atoms with Crippen LogP contribution >= 0.6 is 0 Å². The van der Waals surface area contributed by atoms with Crippen LogP contribution in [0.1, 0.15) is 27.2 Å². The first-order valence-corrected chi connectivity index (χ1v) is 3.82. The van der Waals surface area contributed by atoms with E-state index in [0.717, 1.165) is 6.42 Å². The molecule has 1 unspecified atom stereocenters. The molecule has 1 radical (unpaired) electrons. The van der Waals surface area contributed by atoms with Crippen LogP contribution in [0.25, 0.3) is 0 Å². The third-order valence-electron chi connectivity index (χ3n) is 1.24. The minimum Gasteiger partial charge on any atom is -0.434 e. The van der Waals surface area contributed by atoms with Crippen LogP contribution in [0.15, 0.2) is 0 Å². The fraction of sp³-hybridized carbons (Fsp3) is 0.750. The second-order valence-electron chi connectivity index (χ2n) is 2.31. The summed E-state index contributed by atoms with van der Waals surface area (Å²) < 4.78 is 9.47. The number of hydrogen-bond acceptors (Lipinski definition) is 3. The van der Waals surface area contributed by atoms with Crippen molar-refractivity contribution in [3.63, 3.8) is 0 Å². The minimum atomic E-state index is -0.586. The summed E-state index contributed by atoms with van der Waals surface area (Å²) in [5, 5.41) is 0. The van der Waals surface area contributed by atoms with Crippen molar-refractivity contribution in [3.8, 4) is 0 Å². The van der Waals surface area contributed by atoms with Gasteiger partial charge in [-0.1, -0.05) is 13.8 Å². The van der Waals surface area contributed by atoms with E-state index in [1.54, 1.807) is 6.42 Å². The molecular formula is C8H15O3. The molecule has 0 bridgehead atoms. The van der Waals surface area contributed by atoms with E-state index in [1.165, 1.54) is 0 Å². The van der Waals surface area contributed by atoms with Gasteiger partial charge < -0.3 is 9.47 Å². The van der Waals surface area contributed by atoms with Gasteiger partial charge in [0.05, 0.1) is 6.61 Å². The molecule has 0 aliphatic carbocycles. The van der Waals surface area contributed by atoms with E-state index < -0.39 is 6.16 Å². The molecule has 0 rings (SSSR count). The Morgan fingerprint density at radius 2 is 2.27 bits per heavy atom. The van der Waals surface area contributed by atoms with Gasteiger partial charge in [0.2, 0.25) is 0 Å². The van der Waals surface area contributed by atoms with Gasteiger partial charge >= 0.3 is 6.16 Å². The van der Waals surface area contributed by atoms with Gasteiger partial charge in [0.15, 0.2) is 0 Å². The molecule has 0 saturated carbocycles. The van der Waals surface area contributed by atoms with E-state index in [9.17, 15) is 4.79 Å². The van der Waals surface area contributed by atoms with Crippen LogP contribution in [0, 0.1) is 6.42 Å². The van der Waals surface area contributed by atoms with Gasteiger partial charge in [0, 0.05) is 0 Å². The number of carbonyl (C=O) groups excluding carboxylic acids is 1. The highest BCUT2D eigenvalue weighted by atomic mass is 16.7. The lowest BCUT2D eigenvalue weighted by Gasteiger charge is -2.09. The van der Waals surface area contributed by atoms with Crippen molar-refractivity contribution in [2.24, 2.45) is 0 Å². The van der Waals surface area contributed by atoms with E-state index in [-0.39, 0.29) is 6.10 Å². The molecule has 0 aromatic heterocycles. The van der Waals surface area contributed by atoms with Crippen molar-refractivity contribution < 1.29 is 14.3 Å². The predicted molar refractivity (Wildman–Crippen MR) is 42.2 cm³/mol. The molecule has 1 atom stereocenters. The standard InChI is InChI=1S/C8H15O3/c1-4-6-10-8(9)11-7(3)5-2/h4,7H,5-6H2,1-3H3. The molecule has 0 saturated heterocycles. The SMILES string of the molecule is C[CH]COC(=O)OC(C)CC. The van der Waals surface area contributed by atoms with Gasteiger partial charge in [-0.2, -0.15) is 0 Å². The maximum Gasteiger partial charge on any atom is 0.508 e. The topological polar surface area (TPSA) is 35.5 Å². The van der Waals surface area contributed by atoms with E-state index in [1.807, 2.05) is 20.8 Å². The van der Waals surface area contributed by atoms with Gasteiger partial charge in [-0.05, 0) is 19.8 Å². The molecule has 65 valence electrons. The molecule has 0 heterocycles. The van der Waals surface area contributed by atoms with Crippen LogP contribution in [0.5, 0.6) is 0 Å². The number of ether oxygens (including phenoxy) is 2. The first-order chi connectivity index (χ1) is 5.20. The zero-order valence-electron chi connectivity index (χ0n) is 7.29. The van der Waals surface area contributed by atoms with Crippen LogP contribution in [-0.2, 0) is 9.47 Å². The lowest BCUT2D eigenvalue weighted by molar-refractivity contribution is 0.0327. The molecule has 3 heteroatoms. The Bertz CT molecular complexity index is 112. The van der Waals surface area contributed by atoms with Gasteiger partial charge in [-0.15, -0.1) is 0 Å². The third-order valence-corrected chi connectivity index (χ3v) is 1.24. The highest BCUT2D eigenvalue weighted by Gasteiger charge is 2.06. The van der Waals surface area contributed by atoms with Gasteiger partial charge in [0.25, 0.3) is 0 Å². The van der Waals surface area contributed by atoms with Crippen LogP contribution in [0.2, 0.25) is 0 Å². The molecule has 3 nitrogen and oxygen atoms in total. The first kappa shape index (κ1) is 10.3. The van der Waals surface area contributed by atoms with Crippen molar-refractivity contribution in [3.05, 3.63) is 6.42 Å². The zero-order valence-corrected chi connectivity index (χ0v) is 7.29. The average molecular weight is 159 g/mol. The Morgan fingerprint density at radius 3 is 2.73 bits per heavy atom. The van der Waals surface area contributed by atoms with E-state index >= 15 is 0 Å². The van der Waals surface area contributed by atoms with Crippen molar-refractivity contribution in [1.82, 2.24) is 0 Å². The molecule has 0 aromatic carbocycles. The van der Waals surface area contributed by atoms with Crippen molar-refractivity contribution in [2.45, 2.75) is 33.3 Å². The van der Waals surface area contributed by atoms with Crippen molar-refractivity contribution in [2.75, 3.05) is 6.61 Å². The molecule has 0 fully saturated rings. The Labute approximate surface area is 67.7 Å². The van der Waals surface area contributed by atoms with Gasteiger partial charge in [0.1, 0.15) is 6.10 Å². The second-order valence-corrected chi connectivity index (χ2v) is 2.31. The van der Waals surface area contributed by atoms with Crippen LogP contribution in [-0.4, -0.2) is 18.9 Å². The van der Waals surface area contributed by atoms with Gasteiger partial charge in [-0.3, -0.25) is 0 Å². The zero-order chi connectivity index (χ0) is 8.69. The highest BCUT2D eigenvalue weighted by molar-refractivity contribution is 5.60. The van der Waals surface area contributed by atoms with Crippen LogP contribution in [0.4, 0.5) is 4.79 Å². The normalized spacial score (nSPS) is 12.3. The Hall–Kier alpha value is -0.730. The lowest BCUT2D eigenvalue weighted by Crippen LogP contribution is -2.15. The molecule has 0 aliphatic rings. The smallest absolute Gasteiger partial charge is 0.434 e. The largest absolute Gasteiger partial charge is 0.508 e. The highest BCUT2D eigenvalue weighted by Crippen LogP contribution is 1.98. The summed E-state index contributed by atoms with van der Waals surface area (Å²) in [5.74, 6) is 0. The van der Waals surface area contributed by atoms with E-state index in [0.29, 0.717) is 6.61 Å². The molecule has 0 aromatic rings. The van der Waals surface area contributed by atoms with E-state index in [2.05, 4.69) is 4.74 Å².